The van der Waals surface area contributed by atoms with E-state index in [1.54, 1.807) is 5.56 Å². The van der Waals surface area contributed by atoms with Crippen molar-refractivity contribution in [2.75, 3.05) is 9.80 Å². The lowest BCUT2D eigenvalue weighted by Gasteiger charge is -2.49. The summed E-state index contributed by atoms with van der Waals surface area (Å²) in [5, 5.41) is 0. The molecule has 5 aromatic rings. The number of benzene rings is 5. The minimum Gasteiger partial charge on any atom is -0.311 e. The fourth-order valence-electron chi connectivity index (χ4n) is 13.4. The monoisotopic (exact) mass is 849 g/mol. The molecule has 0 saturated carbocycles. The Labute approximate surface area is 388 Å². The minimum atomic E-state index is -0.000190. The van der Waals surface area contributed by atoms with Gasteiger partial charge in [0.05, 0.1) is 0 Å². The van der Waals surface area contributed by atoms with Crippen molar-refractivity contribution in [1.82, 2.24) is 0 Å². The van der Waals surface area contributed by atoms with Crippen molar-refractivity contribution in [2.45, 2.75) is 201 Å². The molecule has 0 spiro atoms. The second-order valence-electron chi connectivity index (χ2n) is 26.4. The van der Waals surface area contributed by atoms with Crippen molar-refractivity contribution >= 4 is 57.2 Å². The van der Waals surface area contributed by atoms with Crippen molar-refractivity contribution in [3.63, 3.8) is 0 Å². The van der Waals surface area contributed by atoms with Crippen molar-refractivity contribution < 1.29 is 0 Å². The maximum absolute atomic E-state index is 2.76. The summed E-state index contributed by atoms with van der Waals surface area (Å²) in [5.41, 5.74) is 27.6. The van der Waals surface area contributed by atoms with Crippen LogP contribution in [0.5, 0.6) is 0 Å². The average molecular weight is 849 g/mol. The molecule has 0 N–H and O–H groups in total. The van der Waals surface area contributed by atoms with Gasteiger partial charge in [0.2, 0.25) is 0 Å². The van der Waals surface area contributed by atoms with Gasteiger partial charge in [0, 0.05) is 34.1 Å². The van der Waals surface area contributed by atoms with E-state index in [-0.39, 0.29) is 44.6 Å². The molecule has 0 saturated heterocycles. The standard InChI is InChI=1S/C61H77BN2/c1-36-29-51-54-52(30-36)64(49-34-43-41(31-37(49)2)57(9,10)23-25-59(43,13)14)48-21-19-39(55(4,5)6)32-45(48)62(54)46-33-42-44(60(15,16)26-24-58(42,11)12)35-50(46)63(51)47-22-20-40-53(38(47)3)61(17,18)28-27-56(40,7)8/h19-22,29-35H,23-28H2,1-18H3. The predicted octanol–water partition coefficient (Wildman–Crippen LogP) is 15.0. The molecule has 0 radical (unpaired) electrons. The summed E-state index contributed by atoms with van der Waals surface area (Å²) in [4.78, 5) is 5.46. The molecule has 0 unspecified atom stereocenters. The van der Waals surface area contributed by atoms with Gasteiger partial charge in [-0.05, 0) is 206 Å². The Balaban J connectivity index is 1.35. The van der Waals surface area contributed by atoms with Crippen LogP contribution in [0.15, 0.2) is 66.7 Å². The fraction of sp³-hybridized carbons (Fsp3) is 0.508. The molecule has 10 rings (SSSR count). The van der Waals surface area contributed by atoms with Crippen molar-refractivity contribution in [2.24, 2.45) is 0 Å². The van der Waals surface area contributed by atoms with E-state index >= 15 is 0 Å². The van der Waals surface area contributed by atoms with Crippen LogP contribution in [0.2, 0.25) is 0 Å². The summed E-state index contributed by atoms with van der Waals surface area (Å²) in [5.74, 6) is 0. The first-order valence-electron chi connectivity index (χ1n) is 24.9. The Kier molecular flexibility index (Phi) is 9.17. The van der Waals surface area contributed by atoms with Gasteiger partial charge in [-0.15, -0.1) is 0 Å². The molecular weight excluding hydrogens is 771 g/mol. The third-order valence-electron chi connectivity index (χ3n) is 17.9. The van der Waals surface area contributed by atoms with E-state index in [1.807, 2.05) is 0 Å². The van der Waals surface area contributed by atoms with E-state index in [4.69, 9.17) is 0 Å². The third-order valence-corrected chi connectivity index (χ3v) is 17.9. The lowest BCUT2D eigenvalue weighted by Crippen LogP contribution is -2.62. The molecule has 0 aromatic heterocycles. The molecule has 0 bridgehead atoms. The first kappa shape index (κ1) is 43.6. The predicted molar refractivity (Wildman–Crippen MR) is 279 cm³/mol. The quantitative estimate of drug-likeness (QED) is 0.160. The second-order valence-corrected chi connectivity index (χ2v) is 26.4. The molecule has 5 aromatic carbocycles. The number of hydrogen-bond donors (Lipinski definition) is 0. The largest absolute Gasteiger partial charge is 0.311 e. The van der Waals surface area contributed by atoms with Gasteiger partial charge in [0.1, 0.15) is 0 Å². The van der Waals surface area contributed by atoms with E-state index in [9.17, 15) is 0 Å². The lowest BCUT2D eigenvalue weighted by molar-refractivity contribution is 0.330. The highest BCUT2D eigenvalue weighted by Crippen LogP contribution is 2.55. The normalized spacial score (nSPS) is 21.2. The highest BCUT2D eigenvalue weighted by molar-refractivity contribution is 7.00. The number of nitrogens with zero attached hydrogens (tertiary/aromatic N) is 2. The fourth-order valence-corrected chi connectivity index (χ4v) is 13.4. The van der Waals surface area contributed by atoms with Crippen molar-refractivity contribution in [3.05, 3.63) is 122 Å². The van der Waals surface area contributed by atoms with Crippen molar-refractivity contribution in [3.8, 4) is 0 Å². The molecule has 5 aliphatic rings. The summed E-state index contributed by atoms with van der Waals surface area (Å²) in [6, 6.07) is 28.2. The molecule has 2 aliphatic heterocycles. The molecule has 2 nitrogen and oxygen atoms in total. The van der Waals surface area contributed by atoms with Crippen molar-refractivity contribution in [1.29, 1.82) is 0 Å². The third kappa shape index (κ3) is 6.24. The van der Waals surface area contributed by atoms with Gasteiger partial charge in [0.25, 0.3) is 6.71 Å². The van der Waals surface area contributed by atoms with Crippen LogP contribution in [0.25, 0.3) is 0 Å². The first-order chi connectivity index (χ1) is 29.6. The molecule has 64 heavy (non-hydrogen) atoms. The van der Waals surface area contributed by atoms with Crippen LogP contribution in [0, 0.1) is 20.8 Å². The van der Waals surface area contributed by atoms with Crippen LogP contribution in [0.3, 0.4) is 0 Å². The van der Waals surface area contributed by atoms with E-state index in [1.165, 1.54) is 139 Å². The first-order valence-corrected chi connectivity index (χ1v) is 24.9. The maximum Gasteiger partial charge on any atom is 0.252 e. The Bertz CT molecular complexity index is 2820. The molecule has 0 fully saturated rings. The van der Waals surface area contributed by atoms with E-state index < -0.39 is 0 Å². The van der Waals surface area contributed by atoms with Crippen LogP contribution in [0.1, 0.15) is 198 Å². The van der Waals surface area contributed by atoms with Crippen LogP contribution in [0.4, 0.5) is 34.1 Å². The maximum atomic E-state index is 2.76. The van der Waals surface area contributed by atoms with Gasteiger partial charge < -0.3 is 9.80 Å². The molecular formula is C61H77BN2. The van der Waals surface area contributed by atoms with E-state index in [0.29, 0.717) is 0 Å². The Hall–Kier alpha value is -4.24. The minimum absolute atomic E-state index is 0.000190. The summed E-state index contributed by atoms with van der Waals surface area (Å²) in [7, 11) is 0. The molecule has 3 heteroatoms. The highest BCUT2D eigenvalue weighted by atomic mass is 15.2. The van der Waals surface area contributed by atoms with Gasteiger partial charge in [-0.2, -0.15) is 0 Å². The van der Waals surface area contributed by atoms with E-state index in [0.717, 1.165) is 0 Å². The number of aryl methyl sites for hydroxylation is 2. The van der Waals surface area contributed by atoms with Gasteiger partial charge >= 0.3 is 0 Å². The van der Waals surface area contributed by atoms with Crippen LogP contribution >= 0.6 is 0 Å². The summed E-state index contributed by atoms with van der Waals surface area (Å²) < 4.78 is 0. The van der Waals surface area contributed by atoms with E-state index in [2.05, 4.69) is 201 Å². The topological polar surface area (TPSA) is 6.48 Å². The van der Waals surface area contributed by atoms with Crippen LogP contribution in [-0.2, 0) is 37.9 Å². The zero-order valence-corrected chi connectivity index (χ0v) is 43.1. The summed E-state index contributed by atoms with van der Waals surface area (Å²) in [6.45, 7) is 44.2. The van der Waals surface area contributed by atoms with Gasteiger partial charge in [-0.3, -0.25) is 0 Å². The summed E-state index contributed by atoms with van der Waals surface area (Å²) >= 11 is 0. The number of hydrogen-bond acceptors (Lipinski definition) is 2. The SMILES string of the molecule is Cc1cc2c3c(c1)N(c1ccc4c(c1C)C(C)(C)CCC4(C)C)c1cc4c(cc1B3c1cc(C(C)(C)C)ccc1N2c1cc2c(cc1C)C(C)(C)CCC2(C)C)C(C)(C)CCC4(C)C. The number of rotatable bonds is 2. The Morgan fingerprint density at radius 2 is 0.859 bits per heavy atom. The highest BCUT2D eigenvalue weighted by Gasteiger charge is 2.49. The average Bonchev–Trinajstić information content (AvgIpc) is 3.19. The lowest BCUT2D eigenvalue weighted by atomic mass is 9.33. The zero-order chi connectivity index (χ0) is 46.2. The van der Waals surface area contributed by atoms with Gasteiger partial charge in [-0.1, -0.05) is 134 Å². The van der Waals surface area contributed by atoms with Crippen LogP contribution in [-0.4, -0.2) is 6.71 Å². The number of fused-ring (bicyclic) bond motifs is 7. The van der Waals surface area contributed by atoms with Gasteiger partial charge in [0.15, 0.2) is 0 Å². The second kappa shape index (κ2) is 13.4. The smallest absolute Gasteiger partial charge is 0.252 e. The molecule has 0 amide bonds. The zero-order valence-electron chi connectivity index (χ0n) is 43.1. The molecule has 0 atom stereocenters. The Morgan fingerprint density at radius 1 is 0.422 bits per heavy atom. The summed E-state index contributed by atoms with van der Waals surface area (Å²) in [6.07, 6.45) is 7.20. The van der Waals surface area contributed by atoms with Crippen LogP contribution < -0.4 is 26.2 Å². The molecule has 334 valence electrons. The van der Waals surface area contributed by atoms with Gasteiger partial charge in [-0.25, -0.2) is 0 Å². The molecule has 2 heterocycles. The number of anilines is 6. The Morgan fingerprint density at radius 3 is 1.41 bits per heavy atom. The molecule has 3 aliphatic carbocycles.